The van der Waals surface area contributed by atoms with Gasteiger partial charge >= 0.3 is 0 Å². The summed E-state index contributed by atoms with van der Waals surface area (Å²) < 4.78 is 13.8. The van der Waals surface area contributed by atoms with E-state index in [1.165, 1.54) is 18.7 Å². The molecule has 4 atom stereocenters. The molecule has 1 amide bonds. The number of nitrogens with one attached hydrogen (secondary N) is 1. The van der Waals surface area contributed by atoms with Crippen LogP contribution in [0, 0.1) is 0 Å². The van der Waals surface area contributed by atoms with Crippen molar-refractivity contribution in [3.05, 3.63) is 48.5 Å². The zero-order chi connectivity index (χ0) is 21.4. The summed E-state index contributed by atoms with van der Waals surface area (Å²) in [5.74, 6) is 0.392. The summed E-state index contributed by atoms with van der Waals surface area (Å²) in [6.45, 7) is 0.740. The predicted octanol–water partition coefficient (Wildman–Crippen LogP) is 0.333. The maximum atomic E-state index is 12.5. The number of nitrogens with zero attached hydrogens (tertiary/aromatic N) is 7. The van der Waals surface area contributed by atoms with Crippen molar-refractivity contribution in [1.82, 2.24) is 35.5 Å². The van der Waals surface area contributed by atoms with Gasteiger partial charge in [0.15, 0.2) is 5.82 Å². The molecule has 5 rings (SSSR count). The number of carbonyl (C=O) groups is 1. The standard InChI is InChI=1S/C20H22N8O3/c1-27(2)14-5-3-12(4-6-14)19-24-25-26-28(19)16-10-31-17-15(9-30-18(16)17)23-20(29)13-7-21-11-22-8-13/h3-8,11,15-18H,9-10H2,1-2H3,(H,23,29)/t15-,16-,17+,18+/m0/s1. The highest BCUT2D eigenvalue weighted by Gasteiger charge is 2.50. The Kier molecular flexibility index (Phi) is 5.04. The number of amides is 1. The molecule has 3 aromatic rings. The summed E-state index contributed by atoms with van der Waals surface area (Å²) in [6.07, 6.45) is 3.78. The summed E-state index contributed by atoms with van der Waals surface area (Å²) in [5, 5.41) is 15.3. The Morgan fingerprint density at radius 3 is 2.58 bits per heavy atom. The Balaban J connectivity index is 1.32. The van der Waals surface area contributed by atoms with Crippen LogP contribution in [0.3, 0.4) is 0 Å². The zero-order valence-corrected chi connectivity index (χ0v) is 17.1. The lowest BCUT2D eigenvalue weighted by molar-refractivity contribution is 0.0615. The van der Waals surface area contributed by atoms with Crippen molar-refractivity contribution >= 4 is 11.6 Å². The van der Waals surface area contributed by atoms with E-state index in [1.54, 1.807) is 4.68 Å². The van der Waals surface area contributed by atoms with Crippen molar-refractivity contribution in [3.63, 3.8) is 0 Å². The second-order valence-electron chi connectivity index (χ2n) is 7.76. The van der Waals surface area contributed by atoms with Crippen LogP contribution in [0.2, 0.25) is 0 Å². The van der Waals surface area contributed by atoms with Gasteiger partial charge in [-0.3, -0.25) is 4.79 Å². The largest absolute Gasteiger partial charge is 0.378 e. The van der Waals surface area contributed by atoms with E-state index in [4.69, 9.17) is 9.47 Å². The average molecular weight is 422 g/mol. The third kappa shape index (κ3) is 3.62. The van der Waals surface area contributed by atoms with Gasteiger partial charge in [0.05, 0.1) is 24.8 Å². The van der Waals surface area contributed by atoms with Crippen LogP contribution in [-0.4, -0.2) is 81.6 Å². The van der Waals surface area contributed by atoms with Gasteiger partial charge < -0.3 is 19.7 Å². The molecule has 0 bridgehead atoms. The number of carbonyl (C=O) groups excluding carboxylic acids is 1. The lowest BCUT2D eigenvalue weighted by Gasteiger charge is -2.18. The molecular formula is C20H22N8O3. The number of ether oxygens (including phenoxy) is 2. The van der Waals surface area contributed by atoms with Crippen molar-refractivity contribution in [1.29, 1.82) is 0 Å². The number of aromatic nitrogens is 6. The van der Waals surface area contributed by atoms with E-state index < -0.39 is 0 Å². The van der Waals surface area contributed by atoms with Gasteiger partial charge in [-0.05, 0) is 34.7 Å². The molecule has 2 aliphatic rings. The topological polar surface area (TPSA) is 120 Å². The summed E-state index contributed by atoms with van der Waals surface area (Å²) in [4.78, 5) is 22.3. The summed E-state index contributed by atoms with van der Waals surface area (Å²) in [6, 6.07) is 7.56. The third-order valence-electron chi connectivity index (χ3n) is 5.62. The molecular weight excluding hydrogens is 400 g/mol. The smallest absolute Gasteiger partial charge is 0.254 e. The zero-order valence-electron chi connectivity index (χ0n) is 17.1. The fraction of sp³-hybridized carbons (Fsp3) is 0.400. The Labute approximate surface area is 178 Å². The van der Waals surface area contributed by atoms with Crippen LogP contribution >= 0.6 is 0 Å². The van der Waals surface area contributed by atoms with Gasteiger partial charge in [-0.2, -0.15) is 0 Å². The number of benzene rings is 1. The number of rotatable bonds is 5. The molecule has 11 nitrogen and oxygen atoms in total. The van der Waals surface area contributed by atoms with Crippen molar-refractivity contribution in [3.8, 4) is 11.4 Å². The van der Waals surface area contributed by atoms with E-state index in [2.05, 4.69) is 30.8 Å². The first-order valence-electron chi connectivity index (χ1n) is 9.96. The third-order valence-corrected chi connectivity index (χ3v) is 5.62. The molecule has 31 heavy (non-hydrogen) atoms. The van der Waals surface area contributed by atoms with Crippen molar-refractivity contribution < 1.29 is 14.3 Å². The lowest BCUT2D eigenvalue weighted by atomic mass is 10.1. The van der Waals surface area contributed by atoms with E-state index in [-0.39, 0.29) is 30.2 Å². The minimum Gasteiger partial charge on any atom is -0.378 e. The highest BCUT2D eigenvalue weighted by Crippen LogP contribution is 2.36. The SMILES string of the molecule is CN(C)c1ccc(-c2nnnn2[C@H]2CO[C@H]3[C@@H]2OC[C@@H]3NC(=O)c2cncnc2)cc1. The van der Waals surface area contributed by atoms with Crippen LogP contribution in [0.4, 0.5) is 5.69 Å². The Morgan fingerprint density at radius 1 is 1.10 bits per heavy atom. The van der Waals surface area contributed by atoms with Crippen LogP contribution < -0.4 is 10.2 Å². The molecule has 2 fully saturated rings. The average Bonchev–Trinajstić information content (AvgIpc) is 3.52. The molecule has 160 valence electrons. The lowest BCUT2D eigenvalue weighted by Crippen LogP contribution is -2.44. The number of fused-ring (bicyclic) bond motifs is 1. The second kappa shape index (κ2) is 8.00. The molecule has 2 aromatic heterocycles. The van der Waals surface area contributed by atoms with Gasteiger partial charge in [0.25, 0.3) is 5.91 Å². The number of hydrogen-bond acceptors (Lipinski definition) is 9. The summed E-state index contributed by atoms with van der Waals surface area (Å²) >= 11 is 0. The fourth-order valence-electron chi connectivity index (χ4n) is 4.00. The molecule has 2 saturated heterocycles. The normalized spacial score (nSPS) is 24.7. The van der Waals surface area contributed by atoms with Gasteiger partial charge in [-0.1, -0.05) is 0 Å². The monoisotopic (exact) mass is 422 g/mol. The number of tetrazole rings is 1. The van der Waals surface area contributed by atoms with E-state index >= 15 is 0 Å². The quantitative estimate of drug-likeness (QED) is 0.620. The van der Waals surface area contributed by atoms with Gasteiger partial charge in [-0.25, -0.2) is 14.6 Å². The van der Waals surface area contributed by atoms with E-state index in [9.17, 15) is 4.79 Å². The summed E-state index contributed by atoms with van der Waals surface area (Å²) in [7, 11) is 3.99. The van der Waals surface area contributed by atoms with Gasteiger partial charge in [-0.15, -0.1) is 5.10 Å². The van der Waals surface area contributed by atoms with Crippen molar-refractivity contribution in [2.45, 2.75) is 24.3 Å². The highest BCUT2D eigenvalue weighted by molar-refractivity contribution is 5.93. The predicted molar refractivity (Wildman–Crippen MR) is 109 cm³/mol. The van der Waals surface area contributed by atoms with Gasteiger partial charge in [0, 0.05) is 37.7 Å². The fourth-order valence-corrected chi connectivity index (χ4v) is 4.00. The van der Waals surface area contributed by atoms with Crippen LogP contribution in [0.1, 0.15) is 16.4 Å². The van der Waals surface area contributed by atoms with Crippen molar-refractivity contribution in [2.75, 3.05) is 32.2 Å². The highest BCUT2D eigenvalue weighted by atomic mass is 16.6. The molecule has 0 saturated carbocycles. The molecule has 1 N–H and O–H groups in total. The van der Waals surface area contributed by atoms with Gasteiger partial charge in [0.2, 0.25) is 0 Å². The maximum absolute atomic E-state index is 12.5. The summed E-state index contributed by atoms with van der Waals surface area (Å²) in [5.41, 5.74) is 2.39. The van der Waals surface area contributed by atoms with Crippen molar-refractivity contribution in [2.24, 2.45) is 0 Å². The molecule has 1 aromatic carbocycles. The maximum Gasteiger partial charge on any atom is 0.254 e. The molecule has 4 heterocycles. The van der Waals surface area contributed by atoms with E-state index in [0.717, 1.165) is 11.3 Å². The Morgan fingerprint density at radius 2 is 1.84 bits per heavy atom. The van der Waals surface area contributed by atoms with E-state index in [0.29, 0.717) is 24.6 Å². The van der Waals surface area contributed by atoms with Crippen LogP contribution in [0.25, 0.3) is 11.4 Å². The number of hydrogen-bond donors (Lipinski definition) is 1. The molecule has 11 heteroatoms. The molecule has 2 aliphatic heterocycles. The molecule has 0 aliphatic carbocycles. The number of anilines is 1. The first kappa shape index (κ1) is 19.5. The minimum absolute atomic E-state index is 0.189. The van der Waals surface area contributed by atoms with Crippen LogP contribution in [-0.2, 0) is 9.47 Å². The molecule has 0 spiro atoms. The van der Waals surface area contributed by atoms with Crippen LogP contribution in [0.5, 0.6) is 0 Å². The Hall–Kier alpha value is -3.44. The molecule has 0 radical (unpaired) electrons. The minimum atomic E-state index is -0.285. The molecule has 0 unspecified atom stereocenters. The second-order valence-corrected chi connectivity index (χ2v) is 7.76. The first-order chi connectivity index (χ1) is 15.1. The van der Waals surface area contributed by atoms with Gasteiger partial charge in [0.1, 0.15) is 24.6 Å². The van der Waals surface area contributed by atoms with Crippen LogP contribution in [0.15, 0.2) is 43.0 Å². The Bertz CT molecular complexity index is 1060. The van der Waals surface area contributed by atoms with E-state index in [1.807, 2.05) is 43.3 Å². The first-order valence-corrected chi connectivity index (χ1v) is 9.96.